The summed E-state index contributed by atoms with van der Waals surface area (Å²) in [5.74, 6) is 1.14. The maximum absolute atomic E-state index is 11.6. The highest BCUT2D eigenvalue weighted by Crippen LogP contribution is 2.29. The highest BCUT2D eigenvalue weighted by molar-refractivity contribution is 6.32. The SMILES string of the molecule is O=[N+]([O-])c1c(N2CCN(CCOc3ccccc3Cl)CC2)nc2ccccn12. The molecular formula is C19H20ClN5O3. The second kappa shape index (κ2) is 8.04. The van der Waals surface area contributed by atoms with Crippen LogP contribution < -0.4 is 9.64 Å². The van der Waals surface area contributed by atoms with Crippen LogP contribution in [-0.4, -0.2) is 58.5 Å². The zero-order chi connectivity index (χ0) is 19.5. The molecule has 8 nitrogen and oxygen atoms in total. The van der Waals surface area contributed by atoms with Gasteiger partial charge < -0.3 is 19.8 Å². The van der Waals surface area contributed by atoms with Crippen molar-refractivity contribution in [3.05, 3.63) is 63.8 Å². The molecule has 0 saturated carbocycles. The number of halogens is 1. The maximum atomic E-state index is 11.6. The average Bonchev–Trinajstić information content (AvgIpc) is 3.10. The van der Waals surface area contributed by atoms with E-state index in [0.29, 0.717) is 41.9 Å². The van der Waals surface area contributed by atoms with Crippen LogP contribution in [0, 0.1) is 10.1 Å². The van der Waals surface area contributed by atoms with Crippen LogP contribution in [0.2, 0.25) is 5.02 Å². The van der Waals surface area contributed by atoms with Crippen LogP contribution in [0.1, 0.15) is 0 Å². The predicted molar refractivity (Wildman–Crippen MR) is 107 cm³/mol. The second-order valence-corrected chi connectivity index (χ2v) is 6.96. The first-order valence-electron chi connectivity index (χ1n) is 9.09. The van der Waals surface area contributed by atoms with Crippen molar-refractivity contribution >= 4 is 28.9 Å². The molecule has 1 fully saturated rings. The van der Waals surface area contributed by atoms with Gasteiger partial charge in [0.15, 0.2) is 0 Å². The molecule has 0 amide bonds. The lowest BCUT2D eigenvalue weighted by Crippen LogP contribution is -2.47. The van der Waals surface area contributed by atoms with Gasteiger partial charge in [-0.05, 0) is 23.1 Å². The zero-order valence-corrected chi connectivity index (χ0v) is 16.0. The Balaban J connectivity index is 1.37. The Morgan fingerprint density at radius 3 is 2.61 bits per heavy atom. The van der Waals surface area contributed by atoms with Gasteiger partial charge in [-0.15, -0.1) is 0 Å². The Bertz CT molecular complexity index is 985. The maximum Gasteiger partial charge on any atom is 0.372 e. The van der Waals surface area contributed by atoms with Gasteiger partial charge in [0.2, 0.25) is 11.5 Å². The fourth-order valence-corrected chi connectivity index (χ4v) is 3.57. The quantitative estimate of drug-likeness (QED) is 0.466. The second-order valence-electron chi connectivity index (χ2n) is 6.55. The molecule has 0 N–H and O–H groups in total. The molecule has 1 aromatic carbocycles. The van der Waals surface area contributed by atoms with E-state index in [-0.39, 0.29) is 10.7 Å². The summed E-state index contributed by atoms with van der Waals surface area (Å²) < 4.78 is 7.28. The summed E-state index contributed by atoms with van der Waals surface area (Å²) in [5.41, 5.74) is 0.583. The van der Waals surface area contributed by atoms with Crippen molar-refractivity contribution in [1.82, 2.24) is 14.3 Å². The molecule has 4 rings (SSSR count). The summed E-state index contributed by atoms with van der Waals surface area (Å²) in [5, 5.41) is 12.2. The summed E-state index contributed by atoms with van der Waals surface area (Å²) in [4.78, 5) is 20.0. The molecule has 0 aliphatic carbocycles. The fourth-order valence-electron chi connectivity index (χ4n) is 3.38. The van der Waals surface area contributed by atoms with Crippen molar-refractivity contribution in [3.8, 4) is 5.75 Å². The molecule has 1 aliphatic rings. The first-order chi connectivity index (χ1) is 13.6. The molecule has 0 unspecified atom stereocenters. The number of anilines is 1. The minimum absolute atomic E-state index is 0.0195. The van der Waals surface area contributed by atoms with Crippen LogP contribution >= 0.6 is 11.6 Å². The smallest absolute Gasteiger partial charge is 0.372 e. The van der Waals surface area contributed by atoms with E-state index in [1.807, 2.05) is 29.2 Å². The number of hydrogen-bond acceptors (Lipinski definition) is 6. The van der Waals surface area contributed by atoms with Crippen molar-refractivity contribution in [1.29, 1.82) is 0 Å². The summed E-state index contributed by atoms with van der Waals surface area (Å²) >= 11 is 6.10. The van der Waals surface area contributed by atoms with Gasteiger partial charge in [-0.25, -0.2) is 0 Å². The molecule has 3 heterocycles. The number of hydrogen-bond donors (Lipinski definition) is 0. The van der Waals surface area contributed by atoms with E-state index in [0.717, 1.165) is 19.6 Å². The van der Waals surface area contributed by atoms with E-state index in [1.54, 1.807) is 24.4 Å². The molecular weight excluding hydrogens is 382 g/mol. The van der Waals surface area contributed by atoms with E-state index in [9.17, 15) is 10.1 Å². The summed E-state index contributed by atoms with van der Waals surface area (Å²) in [6, 6.07) is 12.8. The van der Waals surface area contributed by atoms with Crippen molar-refractivity contribution in [2.24, 2.45) is 0 Å². The molecule has 0 atom stereocenters. The highest BCUT2D eigenvalue weighted by atomic mass is 35.5. The number of para-hydroxylation sites is 1. The van der Waals surface area contributed by atoms with Crippen molar-refractivity contribution in [2.45, 2.75) is 0 Å². The first-order valence-corrected chi connectivity index (χ1v) is 9.47. The van der Waals surface area contributed by atoms with E-state index in [4.69, 9.17) is 16.3 Å². The van der Waals surface area contributed by atoms with Gasteiger partial charge in [-0.3, -0.25) is 4.90 Å². The lowest BCUT2D eigenvalue weighted by Gasteiger charge is -2.34. The Morgan fingerprint density at radius 2 is 1.86 bits per heavy atom. The van der Waals surface area contributed by atoms with Gasteiger partial charge in [0, 0.05) is 38.8 Å². The molecule has 1 aliphatic heterocycles. The highest BCUT2D eigenvalue weighted by Gasteiger charge is 2.29. The third-order valence-corrected chi connectivity index (χ3v) is 5.15. The van der Waals surface area contributed by atoms with Crippen LogP contribution in [0.4, 0.5) is 11.6 Å². The number of rotatable bonds is 6. The van der Waals surface area contributed by atoms with Crippen LogP contribution in [0.25, 0.3) is 5.65 Å². The van der Waals surface area contributed by atoms with Crippen molar-refractivity contribution in [2.75, 3.05) is 44.2 Å². The van der Waals surface area contributed by atoms with Gasteiger partial charge in [0.1, 0.15) is 12.4 Å². The summed E-state index contributed by atoms with van der Waals surface area (Å²) in [7, 11) is 0. The van der Waals surface area contributed by atoms with E-state index < -0.39 is 0 Å². The number of nitro groups is 1. The van der Waals surface area contributed by atoms with Crippen molar-refractivity contribution in [3.63, 3.8) is 0 Å². The van der Waals surface area contributed by atoms with Crippen LogP contribution in [0.3, 0.4) is 0 Å². The van der Waals surface area contributed by atoms with Crippen LogP contribution in [0.15, 0.2) is 48.7 Å². The number of benzene rings is 1. The molecule has 9 heteroatoms. The molecule has 28 heavy (non-hydrogen) atoms. The van der Waals surface area contributed by atoms with Gasteiger partial charge in [0.05, 0.1) is 11.2 Å². The number of piperazine rings is 1. The average molecular weight is 402 g/mol. The van der Waals surface area contributed by atoms with Gasteiger partial charge in [-0.2, -0.15) is 9.38 Å². The Hall–Kier alpha value is -2.84. The van der Waals surface area contributed by atoms with Crippen molar-refractivity contribution < 1.29 is 9.66 Å². The zero-order valence-electron chi connectivity index (χ0n) is 15.2. The standard InChI is InChI=1S/C19H20ClN5O3/c20-15-5-1-2-6-16(15)28-14-13-22-9-11-23(12-10-22)18-19(25(26)27)24-8-4-3-7-17(24)21-18/h1-8H,9-14H2. The number of ether oxygens (including phenoxy) is 1. The Labute approximate surface area is 167 Å². The molecule has 0 bridgehead atoms. The molecule has 1 saturated heterocycles. The van der Waals surface area contributed by atoms with Gasteiger partial charge in [-0.1, -0.05) is 29.8 Å². The van der Waals surface area contributed by atoms with E-state index >= 15 is 0 Å². The normalized spacial score (nSPS) is 15.1. The summed E-state index contributed by atoms with van der Waals surface area (Å²) in [6.07, 6.45) is 1.67. The lowest BCUT2D eigenvalue weighted by atomic mass is 10.3. The molecule has 3 aromatic rings. The topological polar surface area (TPSA) is 76.2 Å². The minimum atomic E-state index is -0.362. The predicted octanol–water partition coefficient (Wildman–Crippen LogP) is 3.10. The molecule has 146 valence electrons. The first kappa shape index (κ1) is 18.5. The number of nitrogens with zero attached hydrogens (tertiary/aromatic N) is 5. The van der Waals surface area contributed by atoms with Gasteiger partial charge in [0.25, 0.3) is 0 Å². The van der Waals surface area contributed by atoms with Gasteiger partial charge >= 0.3 is 5.82 Å². The number of fused-ring (bicyclic) bond motifs is 1. The molecule has 2 aromatic heterocycles. The largest absolute Gasteiger partial charge is 0.491 e. The third kappa shape index (κ3) is 3.74. The number of aromatic nitrogens is 2. The molecule has 0 radical (unpaired) electrons. The van der Waals surface area contributed by atoms with E-state index in [2.05, 4.69) is 9.88 Å². The number of imidazole rings is 1. The van der Waals surface area contributed by atoms with Crippen LogP contribution in [0.5, 0.6) is 5.75 Å². The fraction of sp³-hybridized carbons (Fsp3) is 0.316. The summed E-state index contributed by atoms with van der Waals surface area (Å²) in [6.45, 7) is 4.24. The van der Waals surface area contributed by atoms with E-state index in [1.165, 1.54) is 4.40 Å². The molecule has 0 spiro atoms. The number of pyridine rings is 1. The minimum Gasteiger partial charge on any atom is -0.491 e. The van der Waals surface area contributed by atoms with Crippen LogP contribution in [-0.2, 0) is 0 Å². The Kier molecular flexibility index (Phi) is 5.31. The monoisotopic (exact) mass is 401 g/mol. The lowest BCUT2D eigenvalue weighted by molar-refractivity contribution is -0.389. The Morgan fingerprint density at radius 1 is 1.11 bits per heavy atom. The third-order valence-electron chi connectivity index (χ3n) is 4.83.